The summed E-state index contributed by atoms with van der Waals surface area (Å²) in [5.74, 6) is 0. The van der Waals surface area contributed by atoms with Gasteiger partial charge in [0.1, 0.15) is 0 Å². The number of nitrogen functional groups attached to an aromatic ring is 1. The average molecular weight is 321 g/mol. The van der Waals surface area contributed by atoms with Gasteiger partial charge in [0, 0.05) is 12.6 Å². The quantitative estimate of drug-likeness (QED) is 0.753. The fraction of sp³-hybridized carbons (Fsp3) is 0.538. The maximum Gasteiger partial charge on any atom is 0.243 e. The van der Waals surface area contributed by atoms with Crippen molar-refractivity contribution < 1.29 is 13.5 Å². The van der Waals surface area contributed by atoms with Gasteiger partial charge in [0.2, 0.25) is 10.0 Å². The van der Waals surface area contributed by atoms with Crippen LogP contribution in [0.2, 0.25) is 5.02 Å². The number of benzene rings is 1. The van der Waals surface area contributed by atoms with E-state index in [0.717, 1.165) is 0 Å². The van der Waals surface area contributed by atoms with Crippen LogP contribution in [-0.2, 0) is 10.0 Å². The average Bonchev–Trinajstić information content (AvgIpc) is 2.42. The number of nitrogens with zero attached hydrogens (tertiary/aromatic N) is 1. The minimum absolute atomic E-state index is 0.0661. The van der Waals surface area contributed by atoms with Crippen molar-refractivity contribution in [2.24, 2.45) is 0 Å². The SMILES string of the molecule is CCC(CC)N(CCO)S(=O)(=O)c1ccc(N)c(Cl)c1. The van der Waals surface area contributed by atoms with Gasteiger partial charge in [-0.05, 0) is 31.0 Å². The molecular formula is C13H21ClN2O3S. The lowest BCUT2D eigenvalue weighted by Crippen LogP contribution is -2.41. The number of hydrogen-bond acceptors (Lipinski definition) is 4. The van der Waals surface area contributed by atoms with E-state index in [0.29, 0.717) is 18.5 Å². The third kappa shape index (κ3) is 3.63. The Morgan fingerprint density at radius 3 is 2.40 bits per heavy atom. The Morgan fingerprint density at radius 2 is 1.95 bits per heavy atom. The normalized spacial score (nSPS) is 12.3. The Balaban J connectivity index is 3.24. The van der Waals surface area contributed by atoms with Crippen molar-refractivity contribution in [1.82, 2.24) is 4.31 Å². The molecule has 7 heteroatoms. The Labute approximate surface area is 125 Å². The second-order valence-corrected chi connectivity index (χ2v) is 6.79. The maximum absolute atomic E-state index is 12.7. The minimum atomic E-state index is -3.69. The Morgan fingerprint density at radius 1 is 1.35 bits per heavy atom. The number of nitrogens with two attached hydrogens (primary N) is 1. The van der Waals surface area contributed by atoms with Gasteiger partial charge in [-0.25, -0.2) is 8.42 Å². The zero-order valence-corrected chi connectivity index (χ0v) is 13.3. The lowest BCUT2D eigenvalue weighted by molar-refractivity contribution is 0.219. The van der Waals surface area contributed by atoms with Crippen LogP contribution >= 0.6 is 11.6 Å². The van der Waals surface area contributed by atoms with Crippen LogP contribution in [0.1, 0.15) is 26.7 Å². The Bertz CT molecular complexity index is 545. The van der Waals surface area contributed by atoms with Crippen LogP contribution in [0.3, 0.4) is 0 Å². The van der Waals surface area contributed by atoms with Gasteiger partial charge in [-0.1, -0.05) is 25.4 Å². The van der Waals surface area contributed by atoms with Crippen LogP contribution in [0.25, 0.3) is 0 Å². The number of halogens is 1. The Hall–Kier alpha value is -0.820. The number of anilines is 1. The fourth-order valence-corrected chi connectivity index (χ4v) is 4.13. The predicted octanol–water partition coefficient (Wildman–Crippen LogP) is 2.09. The molecule has 0 radical (unpaired) electrons. The number of hydrogen-bond donors (Lipinski definition) is 2. The molecule has 0 fully saturated rings. The first-order valence-electron chi connectivity index (χ1n) is 6.56. The molecule has 0 atom stereocenters. The molecule has 0 saturated heterocycles. The molecule has 114 valence electrons. The van der Waals surface area contributed by atoms with E-state index < -0.39 is 10.0 Å². The zero-order valence-electron chi connectivity index (χ0n) is 11.7. The van der Waals surface area contributed by atoms with Gasteiger partial charge >= 0.3 is 0 Å². The molecule has 0 aromatic heterocycles. The van der Waals surface area contributed by atoms with Crippen molar-refractivity contribution in [3.63, 3.8) is 0 Å². The highest BCUT2D eigenvalue weighted by Gasteiger charge is 2.29. The van der Waals surface area contributed by atoms with E-state index in [1.54, 1.807) is 0 Å². The van der Waals surface area contributed by atoms with E-state index >= 15 is 0 Å². The molecule has 0 aliphatic rings. The van der Waals surface area contributed by atoms with Crippen molar-refractivity contribution in [1.29, 1.82) is 0 Å². The van der Waals surface area contributed by atoms with Gasteiger partial charge in [0.05, 0.1) is 22.2 Å². The molecule has 0 saturated carbocycles. The summed E-state index contributed by atoms with van der Waals surface area (Å²) in [6.45, 7) is 3.68. The topological polar surface area (TPSA) is 83.6 Å². The molecule has 5 nitrogen and oxygen atoms in total. The van der Waals surface area contributed by atoms with Crippen molar-refractivity contribution >= 4 is 27.3 Å². The largest absolute Gasteiger partial charge is 0.398 e. The number of aliphatic hydroxyl groups excluding tert-OH is 1. The Kier molecular flexibility index (Phi) is 6.26. The summed E-state index contributed by atoms with van der Waals surface area (Å²) in [6, 6.07) is 4.10. The second-order valence-electron chi connectivity index (χ2n) is 4.49. The first-order valence-corrected chi connectivity index (χ1v) is 8.38. The van der Waals surface area contributed by atoms with Crippen molar-refractivity contribution in [2.45, 2.75) is 37.6 Å². The molecule has 3 N–H and O–H groups in total. The van der Waals surface area contributed by atoms with Gasteiger partial charge in [0.15, 0.2) is 0 Å². The molecule has 0 heterocycles. The summed E-state index contributed by atoms with van der Waals surface area (Å²) in [6.07, 6.45) is 1.36. The molecule has 0 spiro atoms. The monoisotopic (exact) mass is 320 g/mol. The molecule has 0 bridgehead atoms. The first kappa shape index (κ1) is 17.2. The maximum atomic E-state index is 12.7. The van der Waals surface area contributed by atoms with E-state index in [1.807, 2.05) is 13.8 Å². The van der Waals surface area contributed by atoms with Crippen LogP contribution < -0.4 is 5.73 Å². The van der Waals surface area contributed by atoms with Gasteiger partial charge in [0.25, 0.3) is 0 Å². The van der Waals surface area contributed by atoms with Crippen molar-refractivity contribution in [3.05, 3.63) is 23.2 Å². The van der Waals surface area contributed by atoms with Gasteiger partial charge < -0.3 is 10.8 Å². The lowest BCUT2D eigenvalue weighted by atomic mass is 10.2. The van der Waals surface area contributed by atoms with Crippen LogP contribution in [0, 0.1) is 0 Å². The first-order chi connectivity index (χ1) is 9.38. The summed E-state index contributed by atoms with van der Waals surface area (Å²) >= 11 is 5.89. The number of rotatable bonds is 7. The highest BCUT2D eigenvalue weighted by molar-refractivity contribution is 7.89. The summed E-state index contributed by atoms with van der Waals surface area (Å²) in [7, 11) is -3.69. The highest BCUT2D eigenvalue weighted by Crippen LogP contribution is 2.26. The smallest absolute Gasteiger partial charge is 0.243 e. The predicted molar refractivity (Wildman–Crippen MR) is 81.2 cm³/mol. The number of aliphatic hydroxyl groups is 1. The molecule has 0 unspecified atom stereocenters. The standard InChI is InChI=1S/C13H21ClN2O3S/c1-3-10(4-2)16(7-8-17)20(18,19)11-5-6-13(15)12(14)9-11/h5-6,9-10,17H,3-4,7-8,15H2,1-2H3. The highest BCUT2D eigenvalue weighted by atomic mass is 35.5. The molecule has 0 amide bonds. The molecule has 1 aromatic rings. The van der Waals surface area contributed by atoms with Crippen LogP contribution in [0.4, 0.5) is 5.69 Å². The van der Waals surface area contributed by atoms with Gasteiger partial charge in [-0.3, -0.25) is 0 Å². The molecule has 20 heavy (non-hydrogen) atoms. The lowest BCUT2D eigenvalue weighted by Gasteiger charge is -2.29. The van der Waals surface area contributed by atoms with E-state index in [9.17, 15) is 8.42 Å². The second kappa shape index (κ2) is 7.26. The van der Waals surface area contributed by atoms with Gasteiger partial charge in [-0.2, -0.15) is 4.31 Å². The summed E-state index contributed by atoms with van der Waals surface area (Å²) < 4.78 is 26.6. The third-order valence-electron chi connectivity index (χ3n) is 3.25. The van der Waals surface area contributed by atoms with Gasteiger partial charge in [-0.15, -0.1) is 0 Å². The summed E-state index contributed by atoms with van der Waals surface area (Å²) in [4.78, 5) is 0.0945. The fourth-order valence-electron chi connectivity index (χ4n) is 2.10. The van der Waals surface area contributed by atoms with E-state index in [1.165, 1.54) is 22.5 Å². The molecule has 0 aliphatic heterocycles. The summed E-state index contributed by atoms with van der Waals surface area (Å²) in [5, 5.41) is 9.34. The molecule has 1 rings (SSSR count). The van der Waals surface area contributed by atoms with Crippen LogP contribution in [0.5, 0.6) is 0 Å². The summed E-state index contributed by atoms with van der Waals surface area (Å²) in [5.41, 5.74) is 5.93. The van der Waals surface area contributed by atoms with E-state index in [4.69, 9.17) is 22.4 Å². The molecule has 1 aromatic carbocycles. The third-order valence-corrected chi connectivity index (χ3v) is 5.52. The minimum Gasteiger partial charge on any atom is -0.398 e. The van der Waals surface area contributed by atoms with E-state index in [-0.39, 0.29) is 29.1 Å². The van der Waals surface area contributed by atoms with Crippen LogP contribution in [0.15, 0.2) is 23.1 Å². The number of sulfonamides is 1. The van der Waals surface area contributed by atoms with Crippen molar-refractivity contribution in [2.75, 3.05) is 18.9 Å². The van der Waals surface area contributed by atoms with Crippen molar-refractivity contribution in [3.8, 4) is 0 Å². The van der Waals surface area contributed by atoms with Crippen LogP contribution in [-0.4, -0.2) is 37.0 Å². The van der Waals surface area contributed by atoms with E-state index in [2.05, 4.69) is 0 Å². The zero-order chi connectivity index (χ0) is 15.3. The molecule has 0 aliphatic carbocycles. The molecular weight excluding hydrogens is 300 g/mol.